The van der Waals surface area contributed by atoms with Gasteiger partial charge >= 0.3 is 0 Å². The van der Waals surface area contributed by atoms with Crippen molar-refractivity contribution in [2.75, 3.05) is 26.9 Å². The van der Waals surface area contributed by atoms with Crippen LogP contribution >= 0.6 is 0 Å². The maximum Gasteiger partial charge on any atom is 0.167 e. The molecule has 0 amide bonds. The first kappa shape index (κ1) is 14.0. The number of hydrogen-bond donors (Lipinski definition) is 0. The Morgan fingerprint density at radius 2 is 1.94 bits per heavy atom. The summed E-state index contributed by atoms with van der Waals surface area (Å²) in [6, 6.07) is 0. The minimum Gasteiger partial charge on any atom is -0.381 e. The summed E-state index contributed by atoms with van der Waals surface area (Å²) in [5, 5.41) is 0. The van der Waals surface area contributed by atoms with E-state index in [-0.39, 0.29) is 17.3 Å². The third-order valence-corrected chi connectivity index (χ3v) is 4.37. The van der Waals surface area contributed by atoms with Crippen LogP contribution < -0.4 is 0 Å². The topological polar surface area (TPSA) is 44.8 Å². The van der Waals surface area contributed by atoms with Crippen molar-refractivity contribution in [3.8, 4) is 0 Å². The molecule has 0 aliphatic carbocycles. The molecule has 1 unspecified atom stereocenters. The Morgan fingerprint density at radius 3 is 2.56 bits per heavy atom. The lowest BCUT2D eigenvalue weighted by atomic mass is 9.76. The maximum atomic E-state index is 12.5. The van der Waals surface area contributed by atoms with Crippen LogP contribution in [0.5, 0.6) is 0 Å². The summed E-state index contributed by atoms with van der Waals surface area (Å²) in [5.41, 5.74) is -0.811. The Bertz CT molecular complexity index is 299. The molecule has 0 N–H and O–H groups in total. The number of ketones is 1. The second-order valence-corrected chi connectivity index (χ2v) is 5.91. The molecule has 4 nitrogen and oxygen atoms in total. The van der Waals surface area contributed by atoms with E-state index in [1.807, 2.05) is 13.8 Å². The monoisotopic (exact) mass is 256 g/mol. The summed E-state index contributed by atoms with van der Waals surface area (Å²) in [6.07, 6.45) is 3.45. The van der Waals surface area contributed by atoms with Crippen molar-refractivity contribution >= 4 is 5.78 Å². The minimum absolute atomic E-state index is 0.0619. The second kappa shape index (κ2) is 5.27. The van der Waals surface area contributed by atoms with Gasteiger partial charge in [-0.05, 0) is 39.5 Å². The smallest absolute Gasteiger partial charge is 0.167 e. The Balaban J connectivity index is 2.04. The van der Waals surface area contributed by atoms with Crippen LogP contribution in [0.1, 0.15) is 39.5 Å². The van der Waals surface area contributed by atoms with Crippen molar-refractivity contribution < 1.29 is 19.0 Å². The molecule has 2 saturated heterocycles. The zero-order chi connectivity index (χ0) is 13.2. The highest BCUT2D eigenvalue weighted by atomic mass is 16.5. The fraction of sp³-hybridized carbons (Fsp3) is 0.929. The van der Waals surface area contributed by atoms with E-state index in [0.717, 1.165) is 38.9 Å². The maximum absolute atomic E-state index is 12.5. The van der Waals surface area contributed by atoms with Gasteiger partial charge in [-0.25, -0.2) is 0 Å². The Labute approximate surface area is 109 Å². The van der Waals surface area contributed by atoms with E-state index < -0.39 is 5.60 Å². The van der Waals surface area contributed by atoms with Crippen molar-refractivity contribution in [3.63, 3.8) is 0 Å². The molecule has 2 aliphatic heterocycles. The molecule has 104 valence electrons. The molecule has 0 bridgehead atoms. The van der Waals surface area contributed by atoms with Crippen LogP contribution in [0.4, 0.5) is 0 Å². The highest BCUT2D eigenvalue weighted by Crippen LogP contribution is 2.38. The van der Waals surface area contributed by atoms with Gasteiger partial charge in [-0.2, -0.15) is 0 Å². The summed E-state index contributed by atoms with van der Waals surface area (Å²) < 4.78 is 16.7. The summed E-state index contributed by atoms with van der Waals surface area (Å²) in [4.78, 5) is 12.5. The van der Waals surface area contributed by atoms with E-state index in [0.29, 0.717) is 6.61 Å². The number of carbonyl (C=O) groups excluding carboxylic acids is 1. The van der Waals surface area contributed by atoms with Crippen molar-refractivity contribution in [1.82, 2.24) is 0 Å². The average molecular weight is 256 g/mol. The minimum atomic E-state index is -0.686. The fourth-order valence-corrected chi connectivity index (χ4v) is 2.94. The second-order valence-electron chi connectivity index (χ2n) is 5.91. The van der Waals surface area contributed by atoms with Crippen LogP contribution in [0.25, 0.3) is 0 Å². The van der Waals surface area contributed by atoms with Gasteiger partial charge in [0.1, 0.15) is 5.60 Å². The highest BCUT2D eigenvalue weighted by molar-refractivity contribution is 5.88. The fourth-order valence-electron chi connectivity index (χ4n) is 2.94. The number of carbonyl (C=O) groups is 1. The zero-order valence-electron chi connectivity index (χ0n) is 11.7. The highest BCUT2D eigenvalue weighted by Gasteiger charge is 2.44. The summed E-state index contributed by atoms with van der Waals surface area (Å²) in [5.74, 6) is 0.269. The van der Waals surface area contributed by atoms with E-state index in [1.165, 1.54) is 0 Å². The van der Waals surface area contributed by atoms with Gasteiger partial charge < -0.3 is 14.2 Å². The molecular formula is C14H24O4. The predicted molar refractivity (Wildman–Crippen MR) is 67.6 cm³/mol. The SMILES string of the molecule is COC(C)(C)C(=O)C1CCOC2(CCOCC2)C1. The largest absolute Gasteiger partial charge is 0.381 e. The van der Waals surface area contributed by atoms with Crippen LogP contribution in [0.3, 0.4) is 0 Å². The first-order valence-corrected chi connectivity index (χ1v) is 6.80. The Hall–Kier alpha value is -0.450. The molecular weight excluding hydrogens is 232 g/mol. The molecule has 0 aromatic rings. The standard InChI is InChI=1S/C14H24O4/c1-13(2,16-3)12(15)11-4-7-18-14(10-11)5-8-17-9-6-14/h11H,4-10H2,1-3H3. The summed E-state index contributed by atoms with van der Waals surface area (Å²) in [6.45, 7) is 5.86. The predicted octanol–water partition coefficient (Wildman–Crippen LogP) is 1.96. The average Bonchev–Trinajstić information content (AvgIpc) is 2.39. The third-order valence-electron chi connectivity index (χ3n) is 4.37. The van der Waals surface area contributed by atoms with Gasteiger partial charge in [0.05, 0.1) is 5.60 Å². The molecule has 0 aromatic carbocycles. The van der Waals surface area contributed by atoms with Gasteiger partial charge in [-0.15, -0.1) is 0 Å². The van der Waals surface area contributed by atoms with Crippen LogP contribution in [-0.4, -0.2) is 43.9 Å². The van der Waals surface area contributed by atoms with Crippen LogP contribution in [0.2, 0.25) is 0 Å². The number of methoxy groups -OCH3 is 1. The molecule has 1 atom stereocenters. The number of Topliss-reactive ketones (excluding diaryl/α,β-unsaturated/α-hetero) is 1. The van der Waals surface area contributed by atoms with Crippen LogP contribution in [-0.2, 0) is 19.0 Å². The van der Waals surface area contributed by atoms with Gasteiger partial charge in [-0.1, -0.05) is 0 Å². The van der Waals surface area contributed by atoms with Gasteiger partial charge in [0, 0.05) is 32.8 Å². The molecule has 4 heteroatoms. The molecule has 2 fully saturated rings. The van der Waals surface area contributed by atoms with Crippen molar-refractivity contribution in [2.45, 2.75) is 50.7 Å². The lowest BCUT2D eigenvalue weighted by Gasteiger charge is -2.44. The van der Waals surface area contributed by atoms with E-state index in [1.54, 1.807) is 7.11 Å². The van der Waals surface area contributed by atoms with Gasteiger partial charge in [0.15, 0.2) is 5.78 Å². The first-order chi connectivity index (χ1) is 8.49. The van der Waals surface area contributed by atoms with Gasteiger partial charge in [0.25, 0.3) is 0 Å². The molecule has 18 heavy (non-hydrogen) atoms. The van der Waals surface area contributed by atoms with Crippen LogP contribution in [0.15, 0.2) is 0 Å². The van der Waals surface area contributed by atoms with Crippen molar-refractivity contribution in [2.24, 2.45) is 5.92 Å². The molecule has 2 aliphatic rings. The van der Waals surface area contributed by atoms with E-state index >= 15 is 0 Å². The van der Waals surface area contributed by atoms with Crippen LogP contribution in [0, 0.1) is 5.92 Å². The summed E-state index contributed by atoms with van der Waals surface area (Å²) >= 11 is 0. The van der Waals surface area contributed by atoms with E-state index in [2.05, 4.69) is 0 Å². The first-order valence-electron chi connectivity index (χ1n) is 6.80. The van der Waals surface area contributed by atoms with E-state index in [9.17, 15) is 4.79 Å². The number of ether oxygens (including phenoxy) is 3. The summed E-state index contributed by atoms with van der Waals surface area (Å²) in [7, 11) is 1.60. The number of rotatable bonds is 3. The lowest BCUT2D eigenvalue weighted by Crippen LogP contribution is -2.49. The normalized spacial score (nSPS) is 28.3. The lowest BCUT2D eigenvalue weighted by molar-refractivity contribution is -0.166. The van der Waals surface area contributed by atoms with E-state index in [4.69, 9.17) is 14.2 Å². The zero-order valence-corrected chi connectivity index (χ0v) is 11.7. The Kier molecular flexibility index (Phi) is 4.09. The quantitative estimate of drug-likeness (QED) is 0.774. The van der Waals surface area contributed by atoms with Gasteiger partial charge in [-0.3, -0.25) is 4.79 Å². The Morgan fingerprint density at radius 1 is 1.28 bits per heavy atom. The molecule has 0 radical (unpaired) electrons. The van der Waals surface area contributed by atoms with Gasteiger partial charge in [0.2, 0.25) is 0 Å². The van der Waals surface area contributed by atoms with Crippen molar-refractivity contribution in [1.29, 1.82) is 0 Å². The molecule has 0 aromatic heterocycles. The molecule has 2 heterocycles. The van der Waals surface area contributed by atoms with Crippen molar-refractivity contribution in [3.05, 3.63) is 0 Å². The molecule has 2 rings (SSSR count). The third kappa shape index (κ3) is 2.76. The molecule has 0 saturated carbocycles. The molecule has 1 spiro atoms. The number of hydrogen-bond acceptors (Lipinski definition) is 4.